The maximum atomic E-state index is 5.69. The first-order valence-electron chi connectivity index (χ1n) is 9.09. The molecule has 2 N–H and O–H groups in total. The largest absolute Gasteiger partial charge is 0.490 e. The van der Waals surface area contributed by atoms with Crippen molar-refractivity contribution in [2.45, 2.75) is 19.8 Å². The molecule has 1 unspecified atom stereocenters. The number of nitrogens with zero attached hydrogens (tertiary/aromatic N) is 2. The summed E-state index contributed by atoms with van der Waals surface area (Å²) >= 11 is 0. The van der Waals surface area contributed by atoms with Gasteiger partial charge in [0.15, 0.2) is 5.96 Å². The zero-order valence-electron chi connectivity index (χ0n) is 15.5. The molecule has 1 aliphatic heterocycles. The summed E-state index contributed by atoms with van der Waals surface area (Å²) in [5, 5.41) is 6.49. The Morgan fingerprint density at radius 2 is 2.31 bits per heavy atom. The van der Waals surface area contributed by atoms with E-state index in [1.165, 1.54) is 0 Å². The summed E-state index contributed by atoms with van der Waals surface area (Å²) in [5.41, 5.74) is 0. The molecule has 1 aliphatic rings. The first kappa shape index (κ1) is 22.9. The molecule has 26 heavy (non-hydrogen) atoms. The van der Waals surface area contributed by atoms with Crippen molar-refractivity contribution in [1.82, 2.24) is 15.6 Å². The zero-order valence-corrected chi connectivity index (χ0v) is 17.8. The van der Waals surface area contributed by atoms with E-state index in [-0.39, 0.29) is 24.0 Å². The van der Waals surface area contributed by atoms with Crippen LogP contribution in [0.5, 0.6) is 5.75 Å². The Morgan fingerprint density at radius 1 is 1.38 bits per heavy atom. The summed E-state index contributed by atoms with van der Waals surface area (Å²) in [6.45, 7) is 8.11. The Bertz CT molecular complexity index is 485. The van der Waals surface area contributed by atoms with E-state index in [1.807, 2.05) is 12.1 Å². The molecule has 1 aromatic rings. The van der Waals surface area contributed by atoms with Crippen LogP contribution < -0.4 is 15.4 Å². The molecule has 8 heteroatoms. The fourth-order valence-corrected chi connectivity index (χ4v) is 2.43. The van der Waals surface area contributed by atoms with Crippen LogP contribution >= 0.6 is 24.0 Å². The fraction of sp³-hybridized carbons (Fsp3) is 0.667. The van der Waals surface area contributed by atoms with Gasteiger partial charge in [-0.1, -0.05) is 0 Å². The molecular formula is C18H31IN4O3. The Hall–Kier alpha value is -1.13. The first-order chi connectivity index (χ1) is 12.4. The van der Waals surface area contributed by atoms with Crippen molar-refractivity contribution in [3.05, 3.63) is 24.5 Å². The highest BCUT2D eigenvalue weighted by Crippen LogP contribution is 2.12. The molecule has 0 spiro atoms. The summed E-state index contributed by atoms with van der Waals surface area (Å²) in [6.07, 6.45) is 5.47. The number of ether oxygens (including phenoxy) is 3. The van der Waals surface area contributed by atoms with Gasteiger partial charge in [-0.05, 0) is 31.9 Å². The minimum absolute atomic E-state index is 0. The second-order valence-corrected chi connectivity index (χ2v) is 5.88. The van der Waals surface area contributed by atoms with Crippen LogP contribution in [0.3, 0.4) is 0 Å². The molecule has 0 aromatic carbocycles. The molecule has 0 amide bonds. The van der Waals surface area contributed by atoms with E-state index >= 15 is 0 Å². The molecule has 0 radical (unpaired) electrons. The molecule has 2 rings (SSSR count). The lowest BCUT2D eigenvalue weighted by Crippen LogP contribution is -2.39. The molecule has 1 fully saturated rings. The third-order valence-electron chi connectivity index (χ3n) is 3.74. The van der Waals surface area contributed by atoms with Crippen LogP contribution in [0.15, 0.2) is 29.5 Å². The SMILES string of the molecule is CCNC(=NCCCOCC1CCOC1)NCCOc1cccnc1.I. The molecular weight excluding hydrogens is 447 g/mol. The minimum Gasteiger partial charge on any atom is -0.490 e. The van der Waals surface area contributed by atoms with Crippen molar-refractivity contribution >= 4 is 29.9 Å². The molecule has 2 heterocycles. The van der Waals surface area contributed by atoms with E-state index in [0.29, 0.717) is 19.1 Å². The van der Waals surface area contributed by atoms with Crippen molar-refractivity contribution in [3.63, 3.8) is 0 Å². The molecule has 1 atom stereocenters. The number of pyridine rings is 1. The Labute approximate surface area is 173 Å². The van der Waals surface area contributed by atoms with Crippen LogP contribution in [0.2, 0.25) is 0 Å². The van der Waals surface area contributed by atoms with E-state index in [0.717, 1.165) is 64.1 Å². The maximum absolute atomic E-state index is 5.69. The average molecular weight is 478 g/mol. The summed E-state index contributed by atoms with van der Waals surface area (Å²) in [6, 6.07) is 3.75. The topological polar surface area (TPSA) is 77.0 Å². The van der Waals surface area contributed by atoms with Gasteiger partial charge in [-0.3, -0.25) is 9.98 Å². The summed E-state index contributed by atoms with van der Waals surface area (Å²) in [5.74, 6) is 2.15. The highest BCUT2D eigenvalue weighted by Gasteiger charge is 2.15. The van der Waals surface area contributed by atoms with Crippen molar-refractivity contribution in [1.29, 1.82) is 0 Å². The van der Waals surface area contributed by atoms with Crippen molar-refractivity contribution < 1.29 is 14.2 Å². The minimum atomic E-state index is 0. The van der Waals surface area contributed by atoms with Gasteiger partial charge in [0.25, 0.3) is 0 Å². The summed E-state index contributed by atoms with van der Waals surface area (Å²) < 4.78 is 16.6. The fourth-order valence-electron chi connectivity index (χ4n) is 2.43. The van der Waals surface area contributed by atoms with E-state index in [9.17, 15) is 0 Å². The lowest BCUT2D eigenvalue weighted by atomic mass is 10.1. The highest BCUT2D eigenvalue weighted by atomic mass is 127. The number of hydrogen-bond donors (Lipinski definition) is 2. The van der Waals surface area contributed by atoms with Crippen LogP contribution in [0.1, 0.15) is 19.8 Å². The number of rotatable bonds is 11. The second-order valence-electron chi connectivity index (χ2n) is 5.88. The van der Waals surface area contributed by atoms with E-state index < -0.39 is 0 Å². The van der Waals surface area contributed by atoms with Crippen LogP contribution in [-0.4, -0.2) is 63.6 Å². The van der Waals surface area contributed by atoms with Crippen molar-refractivity contribution in [2.24, 2.45) is 10.9 Å². The lowest BCUT2D eigenvalue weighted by Gasteiger charge is -2.12. The normalized spacial score (nSPS) is 16.8. The standard InChI is InChI=1S/C18H30N4O3.HI/c1-2-20-18(22-9-12-25-17-5-3-7-19-13-17)21-8-4-10-23-14-16-6-11-24-15-16;/h3,5,7,13,16H,2,4,6,8-12,14-15H2,1H3,(H2,20,21,22);1H. The smallest absolute Gasteiger partial charge is 0.191 e. The van der Waals surface area contributed by atoms with Gasteiger partial charge in [0.05, 0.1) is 26.0 Å². The number of guanidine groups is 1. The van der Waals surface area contributed by atoms with Gasteiger partial charge in [0.2, 0.25) is 0 Å². The predicted octanol–water partition coefficient (Wildman–Crippen LogP) is 2.08. The Morgan fingerprint density at radius 3 is 3.04 bits per heavy atom. The van der Waals surface area contributed by atoms with Gasteiger partial charge in [-0.2, -0.15) is 0 Å². The zero-order chi connectivity index (χ0) is 17.6. The third-order valence-corrected chi connectivity index (χ3v) is 3.74. The predicted molar refractivity (Wildman–Crippen MR) is 113 cm³/mol. The first-order valence-corrected chi connectivity index (χ1v) is 9.09. The van der Waals surface area contributed by atoms with Gasteiger partial charge in [-0.25, -0.2) is 0 Å². The van der Waals surface area contributed by atoms with Crippen LogP contribution in [0, 0.1) is 5.92 Å². The van der Waals surface area contributed by atoms with Gasteiger partial charge >= 0.3 is 0 Å². The lowest BCUT2D eigenvalue weighted by molar-refractivity contribution is 0.0893. The summed E-state index contributed by atoms with van der Waals surface area (Å²) in [7, 11) is 0. The molecule has 0 aliphatic carbocycles. The highest BCUT2D eigenvalue weighted by molar-refractivity contribution is 14.0. The number of nitrogens with one attached hydrogen (secondary N) is 2. The van der Waals surface area contributed by atoms with E-state index in [1.54, 1.807) is 12.4 Å². The van der Waals surface area contributed by atoms with Gasteiger partial charge in [0.1, 0.15) is 12.4 Å². The number of hydrogen-bond acceptors (Lipinski definition) is 5. The summed E-state index contributed by atoms with van der Waals surface area (Å²) in [4.78, 5) is 8.57. The molecule has 0 bridgehead atoms. The van der Waals surface area contributed by atoms with Crippen molar-refractivity contribution in [2.75, 3.05) is 52.7 Å². The molecule has 7 nitrogen and oxygen atoms in total. The van der Waals surface area contributed by atoms with Crippen LogP contribution in [-0.2, 0) is 9.47 Å². The maximum Gasteiger partial charge on any atom is 0.191 e. The van der Waals surface area contributed by atoms with Crippen LogP contribution in [0.4, 0.5) is 0 Å². The number of aromatic nitrogens is 1. The van der Waals surface area contributed by atoms with Gasteiger partial charge in [0, 0.05) is 38.4 Å². The number of aliphatic imine (C=N–C) groups is 1. The molecule has 1 aromatic heterocycles. The van der Waals surface area contributed by atoms with Gasteiger partial charge in [-0.15, -0.1) is 24.0 Å². The molecule has 0 saturated carbocycles. The molecule has 1 saturated heterocycles. The average Bonchev–Trinajstić information content (AvgIpc) is 3.16. The second kappa shape index (κ2) is 15.0. The number of halogens is 1. The third kappa shape index (κ3) is 10.1. The van der Waals surface area contributed by atoms with E-state index in [4.69, 9.17) is 14.2 Å². The van der Waals surface area contributed by atoms with Crippen LogP contribution in [0.25, 0.3) is 0 Å². The monoisotopic (exact) mass is 478 g/mol. The van der Waals surface area contributed by atoms with E-state index in [2.05, 4.69) is 27.5 Å². The Kier molecular flexibility index (Phi) is 13.2. The Balaban J connectivity index is 0.00000338. The molecule has 148 valence electrons. The quantitative estimate of drug-likeness (QED) is 0.220. The van der Waals surface area contributed by atoms with Gasteiger partial charge < -0.3 is 24.8 Å². The van der Waals surface area contributed by atoms with Crippen molar-refractivity contribution in [3.8, 4) is 5.75 Å².